The number of ketones is 1. The molecular weight excluding hydrogens is 202 g/mol. The molecular formula is C12H17N3O. The topological polar surface area (TPSA) is 46.1 Å². The Kier molecular flexibility index (Phi) is 2.66. The Morgan fingerprint density at radius 3 is 2.44 bits per heavy atom. The molecule has 0 unspecified atom stereocenters. The predicted molar refractivity (Wildman–Crippen MR) is 62.6 cm³/mol. The fraction of sp³-hybridized carbons (Fsp3) is 0.583. The first-order chi connectivity index (χ1) is 7.47. The van der Waals surface area contributed by atoms with Gasteiger partial charge in [0, 0.05) is 18.4 Å². The molecule has 1 aliphatic heterocycles. The molecule has 0 bridgehead atoms. The molecule has 0 N–H and O–H groups in total. The van der Waals surface area contributed by atoms with Crippen molar-refractivity contribution in [2.75, 3.05) is 18.0 Å². The van der Waals surface area contributed by atoms with Gasteiger partial charge in [-0.2, -0.15) is 5.10 Å². The smallest absolute Gasteiger partial charge is 0.153 e. The standard InChI is InChI=1S/C12H17N3O/c1-12(2,3)10-4-5-11(14-13-10)15-7-6-9(16)8-15/h4-5H,6-8H2,1-3H3. The average molecular weight is 219 g/mol. The maximum Gasteiger partial charge on any atom is 0.153 e. The molecule has 0 saturated carbocycles. The zero-order valence-electron chi connectivity index (χ0n) is 10.0. The van der Waals surface area contributed by atoms with Crippen molar-refractivity contribution in [2.45, 2.75) is 32.6 Å². The molecule has 4 nitrogen and oxygen atoms in total. The van der Waals surface area contributed by atoms with Crippen LogP contribution >= 0.6 is 0 Å². The summed E-state index contributed by atoms with van der Waals surface area (Å²) in [5.74, 6) is 1.08. The second-order valence-corrected chi connectivity index (χ2v) is 5.24. The second-order valence-electron chi connectivity index (χ2n) is 5.24. The van der Waals surface area contributed by atoms with Gasteiger partial charge in [0.25, 0.3) is 0 Å². The Morgan fingerprint density at radius 1 is 1.25 bits per heavy atom. The minimum Gasteiger partial charge on any atom is -0.347 e. The van der Waals surface area contributed by atoms with Crippen molar-refractivity contribution in [3.63, 3.8) is 0 Å². The van der Waals surface area contributed by atoms with Crippen molar-refractivity contribution in [1.29, 1.82) is 0 Å². The lowest BCUT2D eigenvalue weighted by atomic mass is 9.92. The summed E-state index contributed by atoms with van der Waals surface area (Å²) in [6.45, 7) is 7.56. The van der Waals surface area contributed by atoms with Crippen LogP contribution in [0.4, 0.5) is 5.82 Å². The summed E-state index contributed by atoms with van der Waals surface area (Å²) in [5, 5.41) is 8.40. The van der Waals surface area contributed by atoms with Gasteiger partial charge in [-0.1, -0.05) is 20.8 Å². The van der Waals surface area contributed by atoms with Crippen molar-refractivity contribution in [2.24, 2.45) is 0 Å². The van der Waals surface area contributed by atoms with Crippen molar-refractivity contribution < 1.29 is 4.79 Å². The molecule has 1 fully saturated rings. The molecule has 0 amide bonds. The third kappa shape index (κ3) is 2.21. The molecule has 0 aliphatic carbocycles. The molecule has 1 aliphatic rings. The van der Waals surface area contributed by atoms with E-state index in [4.69, 9.17) is 0 Å². The van der Waals surface area contributed by atoms with Crippen LogP contribution in [0.1, 0.15) is 32.9 Å². The van der Waals surface area contributed by atoms with E-state index in [9.17, 15) is 4.79 Å². The Labute approximate surface area is 95.7 Å². The summed E-state index contributed by atoms with van der Waals surface area (Å²) in [7, 11) is 0. The molecule has 0 radical (unpaired) electrons. The lowest BCUT2D eigenvalue weighted by Gasteiger charge is -2.19. The van der Waals surface area contributed by atoms with Gasteiger partial charge in [0.05, 0.1) is 12.2 Å². The van der Waals surface area contributed by atoms with Gasteiger partial charge in [0.2, 0.25) is 0 Å². The molecule has 1 saturated heterocycles. The highest BCUT2D eigenvalue weighted by atomic mass is 16.1. The van der Waals surface area contributed by atoms with Crippen LogP contribution in [0.25, 0.3) is 0 Å². The van der Waals surface area contributed by atoms with Crippen LogP contribution in [-0.2, 0) is 10.2 Å². The molecule has 1 aromatic heterocycles. The van der Waals surface area contributed by atoms with E-state index in [2.05, 4.69) is 31.0 Å². The molecule has 2 heterocycles. The minimum absolute atomic E-state index is 0.0202. The van der Waals surface area contributed by atoms with Crippen molar-refractivity contribution >= 4 is 11.6 Å². The molecule has 0 atom stereocenters. The third-order valence-corrected chi connectivity index (χ3v) is 2.77. The lowest BCUT2D eigenvalue weighted by Crippen LogP contribution is -2.22. The SMILES string of the molecule is CC(C)(C)c1ccc(N2CCC(=O)C2)nn1. The molecule has 86 valence electrons. The first-order valence-corrected chi connectivity index (χ1v) is 5.58. The molecule has 0 spiro atoms. The van der Waals surface area contributed by atoms with E-state index in [-0.39, 0.29) is 11.2 Å². The first-order valence-electron chi connectivity index (χ1n) is 5.58. The van der Waals surface area contributed by atoms with Gasteiger partial charge in [0.1, 0.15) is 0 Å². The summed E-state index contributed by atoms with van der Waals surface area (Å²) in [6.07, 6.45) is 0.628. The lowest BCUT2D eigenvalue weighted by molar-refractivity contribution is -0.116. The van der Waals surface area contributed by atoms with Gasteiger partial charge in [-0.05, 0) is 12.1 Å². The van der Waals surface area contributed by atoms with Crippen molar-refractivity contribution in [1.82, 2.24) is 10.2 Å². The van der Waals surface area contributed by atoms with Crippen molar-refractivity contribution in [3.05, 3.63) is 17.8 Å². The van der Waals surface area contributed by atoms with Gasteiger partial charge in [-0.3, -0.25) is 4.79 Å². The largest absolute Gasteiger partial charge is 0.347 e. The quantitative estimate of drug-likeness (QED) is 0.719. The highest BCUT2D eigenvalue weighted by molar-refractivity contribution is 5.86. The highest BCUT2D eigenvalue weighted by Crippen LogP contribution is 2.21. The van der Waals surface area contributed by atoms with Gasteiger partial charge < -0.3 is 4.90 Å². The van der Waals surface area contributed by atoms with Crippen LogP contribution in [0.5, 0.6) is 0 Å². The van der Waals surface area contributed by atoms with Gasteiger partial charge in [-0.15, -0.1) is 5.10 Å². The number of Topliss-reactive ketones (excluding diaryl/α,β-unsaturated/α-hetero) is 1. The number of hydrogen-bond acceptors (Lipinski definition) is 4. The van der Waals surface area contributed by atoms with Crippen molar-refractivity contribution in [3.8, 4) is 0 Å². The summed E-state index contributed by atoms with van der Waals surface area (Å²) >= 11 is 0. The van der Waals surface area contributed by atoms with Crippen LogP contribution in [0.2, 0.25) is 0 Å². The van der Waals surface area contributed by atoms with E-state index < -0.39 is 0 Å². The first kappa shape index (κ1) is 11.0. The van der Waals surface area contributed by atoms with Gasteiger partial charge in [0.15, 0.2) is 11.6 Å². The van der Waals surface area contributed by atoms with Gasteiger partial charge in [-0.25, -0.2) is 0 Å². The van der Waals surface area contributed by atoms with Crippen LogP contribution in [0.3, 0.4) is 0 Å². The summed E-state index contributed by atoms with van der Waals surface area (Å²) in [4.78, 5) is 13.1. The van der Waals surface area contributed by atoms with Crippen LogP contribution in [0, 0.1) is 0 Å². The monoisotopic (exact) mass is 219 g/mol. The Balaban J connectivity index is 2.17. The summed E-state index contributed by atoms with van der Waals surface area (Å²) in [6, 6.07) is 3.94. The number of carbonyl (C=O) groups excluding carboxylic acids is 1. The number of carbonyl (C=O) groups is 1. The third-order valence-electron chi connectivity index (χ3n) is 2.77. The molecule has 16 heavy (non-hydrogen) atoms. The number of nitrogens with zero attached hydrogens (tertiary/aromatic N) is 3. The maximum absolute atomic E-state index is 11.2. The van der Waals surface area contributed by atoms with E-state index in [1.165, 1.54) is 0 Å². The number of hydrogen-bond donors (Lipinski definition) is 0. The van der Waals surface area contributed by atoms with Crippen LogP contribution in [0.15, 0.2) is 12.1 Å². The molecule has 4 heteroatoms. The molecule has 2 rings (SSSR count). The van der Waals surface area contributed by atoms with Crippen LogP contribution < -0.4 is 4.90 Å². The summed E-state index contributed by atoms with van der Waals surface area (Å²) in [5.41, 5.74) is 0.994. The predicted octanol–water partition coefficient (Wildman–Crippen LogP) is 1.55. The Morgan fingerprint density at radius 2 is 2.00 bits per heavy atom. The average Bonchev–Trinajstić information content (AvgIpc) is 2.64. The Bertz CT molecular complexity index is 392. The van der Waals surface area contributed by atoms with E-state index in [0.29, 0.717) is 13.0 Å². The normalized spacial score (nSPS) is 16.9. The summed E-state index contributed by atoms with van der Waals surface area (Å²) < 4.78 is 0. The number of aromatic nitrogens is 2. The number of anilines is 1. The highest BCUT2D eigenvalue weighted by Gasteiger charge is 2.22. The number of rotatable bonds is 1. The van der Waals surface area contributed by atoms with Gasteiger partial charge >= 0.3 is 0 Å². The van der Waals surface area contributed by atoms with E-state index >= 15 is 0 Å². The van der Waals surface area contributed by atoms with E-state index in [0.717, 1.165) is 18.1 Å². The van der Waals surface area contributed by atoms with E-state index in [1.807, 2.05) is 17.0 Å². The van der Waals surface area contributed by atoms with Crippen LogP contribution in [-0.4, -0.2) is 29.1 Å². The minimum atomic E-state index is 0.0202. The zero-order chi connectivity index (χ0) is 11.8. The molecule has 0 aromatic carbocycles. The zero-order valence-corrected chi connectivity index (χ0v) is 10.0. The fourth-order valence-electron chi connectivity index (χ4n) is 1.72. The second kappa shape index (κ2) is 3.85. The fourth-order valence-corrected chi connectivity index (χ4v) is 1.72. The van der Waals surface area contributed by atoms with E-state index in [1.54, 1.807) is 0 Å². The Hall–Kier alpha value is -1.45. The maximum atomic E-state index is 11.2. The molecule has 1 aromatic rings.